The fraction of sp³-hybridized carbons (Fsp3) is 0. The highest BCUT2D eigenvalue weighted by Gasteiger charge is 2.09. The van der Waals surface area contributed by atoms with Crippen LogP contribution in [0, 0.1) is 0 Å². The van der Waals surface area contributed by atoms with Crippen LogP contribution in [-0.2, 0) is 10.4 Å². The van der Waals surface area contributed by atoms with E-state index >= 15 is 0 Å². The molecule has 0 aliphatic rings. The largest absolute Gasteiger partial charge is 0.446 e. The van der Waals surface area contributed by atoms with Crippen molar-refractivity contribution in [1.82, 2.24) is 0 Å². The fourth-order valence-corrected chi connectivity index (χ4v) is 1.83. The summed E-state index contributed by atoms with van der Waals surface area (Å²) in [5.74, 6) is 0.0694. The van der Waals surface area contributed by atoms with Crippen LogP contribution in [-0.4, -0.2) is 13.0 Å². The lowest BCUT2D eigenvalue weighted by atomic mass is 10.1. The van der Waals surface area contributed by atoms with Crippen molar-refractivity contribution >= 4 is 26.9 Å². The second kappa shape index (κ2) is 3.66. The molecule has 0 saturated heterocycles. The molecule has 0 spiro atoms. The molecule has 0 radical (unpaired) electrons. The molecule has 0 atom stereocenters. The van der Waals surface area contributed by atoms with Gasteiger partial charge in [0.1, 0.15) is 0 Å². The zero-order chi connectivity index (χ0) is 11.8. The van der Waals surface area contributed by atoms with Gasteiger partial charge >= 0.3 is 10.4 Å². The normalized spacial score (nSPS) is 11.6. The van der Waals surface area contributed by atoms with Crippen molar-refractivity contribution in [2.45, 2.75) is 0 Å². The Bertz CT molecular complexity index is 636. The van der Waals surface area contributed by atoms with Crippen LogP contribution in [0.1, 0.15) is 0 Å². The second-order valence-corrected chi connectivity index (χ2v) is 4.27. The summed E-state index contributed by atoms with van der Waals surface area (Å²) in [6, 6.07) is 9.77. The average Bonchev–Trinajstić information content (AvgIpc) is 2.15. The minimum atomic E-state index is -4.51. The Labute approximate surface area is 92.4 Å². The van der Waals surface area contributed by atoms with Gasteiger partial charge in [-0.15, -0.1) is 0 Å². The number of anilines is 1. The first-order valence-corrected chi connectivity index (χ1v) is 5.77. The molecule has 2 rings (SSSR count). The average molecular weight is 239 g/mol. The molecule has 0 aliphatic carbocycles. The summed E-state index contributed by atoms with van der Waals surface area (Å²) in [7, 11) is -4.51. The van der Waals surface area contributed by atoms with Crippen molar-refractivity contribution in [1.29, 1.82) is 0 Å². The van der Waals surface area contributed by atoms with E-state index in [4.69, 9.17) is 10.3 Å². The molecule has 16 heavy (non-hydrogen) atoms. The van der Waals surface area contributed by atoms with Gasteiger partial charge in [-0.05, 0) is 29.7 Å². The molecule has 6 heteroatoms. The van der Waals surface area contributed by atoms with Crippen LogP contribution < -0.4 is 9.92 Å². The van der Waals surface area contributed by atoms with Gasteiger partial charge in [-0.3, -0.25) is 4.55 Å². The monoisotopic (exact) mass is 239 g/mol. The van der Waals surface area contributed by atoms with Gasteiger partial charge in [0.25, 0.3) is 0 Å². The van der Waals surface area contributed by atoms with E-state index in [9.17, 15) is 8.42 Å². The van der Waals surface area contributed by atoms with Crippen molar-refractivity contribution in [3.63, 3.8) is 0 Å². The SMILES string of the molecule is Nc1ccc2c(OS(=O)(=O)O)cccc2c1. The van der Waals surface area contributed by atoms with E-state index in [-0.39, 0.29) is 5.75 Å². The molecular weight excluding hydrogens is 230 g/mol. The minimum Gasteiger partial charge on any atom is -0.399 e. The molecule has 0 amide bonds. The number of hydrogen-bond donors (Lipinski definition) is 2. The third-order valence-electron chi connectivity index (χ3n) is 2.06. The van der Waals surface area contributed by atoms with Crippen molar-refractivity contribution < 1.29 is 17.2 Å². The van der Waals surface area contributed by atoms with Gasteiger partial charge in [-0.1, -0.05) is 12.1 Å². The molecule has 0 unspecified atom stereocenters. The molecule has 2 aromatic rings. The van der Waals surface area contributed by atoms with E-state index in [1.807, 2.05) is 0 Å². The van der Waals surface area contributed by atoms with E-state index in [0.29, 0.717) is 11.1 Å². The highest BCUT2D eigenvalue weighted by Crippen LogP contribution is 2.27. The zero-order valence-corrected chi connectivity index (χ0v) is 8.94. The molecule has 0 aromatic heterocycles. The summed E-state index contributed by atoms with van der Waals surface area (Å²) in [5, 5.41) is 1.30. The van der Waals surface area contributed by atoms with Crippen molar-refractivity contribution in [2.75, 3.05) is 5.73 Å². The standard InChI is InChI=1S/C10H9NO4S/c11-8-4-5-9-7(6-8)2-1-3-10(9)15-16(12,13)14/h1-6H,11H2,(H,12,13,14). The Balaban J connectivity index is 2.63. The predicted molar refractivity (Wildman–Crippen MR) is 60.5 cm³/mol. The van der Waals surface area contributed by atoms with Crippen LogP contribution in [0.5, 0.6) is 5.75 Å². The number of benzene rings is 2. The first-order chi connectivity index (χ1) is 7.46. The number of fused-ring (bicyclic) bond motifs is 1. The number of nitrogen functional groups attached to an aromatic ring is 1. The molecule has 84 valence electrons. The molecular formula is C10H9NO4S. The van der Waals surface area contributed by atoms with E-state index < -0.39 is 10.4 Å². The maximum Gasteiger partial charge on any atom is 0.446 e. The smallest absolute Gasteiger partial charge is 0.399 e. The van der Waals surface area contributed by atoms with Crippen LogP contribution in [0.15, 0.2) is 36.4 Å². The summed E-state index contributed by atoms with van der Waals surface area (Å²) in [5.41, 5.74) is 6.16. The minimum absolute atomic E-state index is 0.0694. The summed E-state index contributed by atoms with van der Waals surface area (Å²) in [6.07, 6.45) is 0. The Morgan fingerprint density at radius 2 is 1.94 bits per heavy atom. The molecule has 0 aliphatic heterocycles. The van der Waals surface area contributed by atoms with E-state index in [1.54, 1.807) is 30.3 Å². The highest BCUT2D eigenvalue weighted by atomic mass is 32.3. The summed E-state index contributed by atoms with van der Waals surface area (Å²) < 4.78 is 34.3. The van der Waals surface area contributed by atoms with E-state index in [0.717, 1.165) is 5.39 Å². The maximum atomic E-state index is 10.6. The van der Waals surface area contributed by atoms with Crippen LogP contribution in [0.2, 0.25) is 0 Å². The third kappa shape index (κ3) is 2.23. The summed E-state index contributed by atoms with van der Waals surface area (Å²) >= 11 is 0. The Hall–Kier alpha value is -1.79. The van der Waals surface area contributed by atoms with E-state index in [1.165, 1.54) is 6.07 Å². The number of rotatable bonds is 2. The second-order valence-electron chi connectivity index (χ2n) is 3.25. The number of nitrogens with two attached hydrogens (primary N) is 1. The van der Waals surface area contributed by atoms with Crippen molar-refractivity contribution in [3.05, 3.63) is 36.4 Å². The molecule has 0 fully saturated rings. The van der Waals surface area contributed by atoms with Gasteiger partial charge in [0.15, 0.2) is 5.75 Å². The molecule has 2 aromatic carbocycles. The first-order valence-electron chi connectivity index (χ1n) is 4.41. The van der Waals surface area contributed by atoms with Gasteiger partial charge in [-0.2, -0.15) is 8.42 Å². The first kappa shape index (κ1) is 10.7. The number of hydrogen-bond acceptors (Lipinski definition) is 4. The Kier molecular flexibility index (Phi) is 2.45. The quantitative estimate of drug-likeness (QED) is 0.613. The van der Waals surface area contributed by atoms with E-state index in [2.05, 4.69) is 4.18 Å². The zero-order valence-electron chi connectivity index (χ0n) is 8.12. The third-order valence-corrected chi connectivity index (χ3v) is 2.45. The van der Waals surface area contributed by atoms with Gasteiger partial charge in [-0.25, -0.2) is 0 Å². The van der Waals surface area contributed by atoms with Gasteiger partial charge in [0, 0.05) is 11.1 Å². The summed E-state index contributed by atoms with van der Waals surface area (Å²) in [6.45, 7) is 0. The van der Waals surface area contributed by atoms with Crippen LogP contribution in [0.4, 0.5) is 5.69 Å². The van der Waals surface area contributed by atoms with Gasteiger partial charge in [0.2, 0.25) is 0 Å². The fourth-order valence-electron chi connectivity index (χ4n) is 1.46. The molecule has 3 N–H and O–H groups in total. The van der Waals surface area contributed by atoms with Crippen LogP contribution in [0.3, 0.4) is 0 Å². The Morgan fingerprint density at radius 1 is 1.19 bits per heavy atom. The van der Waals surface area contributed by atoms with Crippen molar-refractivity contribution in [2.24, 2.45) is 0 Å². The molecule has 5 nitrogen and oxygen atoms in total. The van der Waals surface area contributed by atoms with Crippen LogP contribution in [0.25, 0.3) is 10.8 Å². The highest BCUT2D eigenvalue weighted by molar-refractivity contribution is 7.81. The van der Waals surface area contributed by atoms with Gasteiger partial charge < -0.3 is 9.92 Å². The maximum absolute atomic E-state index is 10.6. The summed E-state index contributed by atoms with van der Waals surface area (Å²) in [4.78, 5) is 0. The van der Waals surface area contributed by atoms with Gasteiger partial charge in [0.05, 0.1) is 0 Å². The molecule has 0 bridgehead atoms. The predicted octanol–water partition coefficient (Wildman–Crippen LogP) is 1.60. The lowest BCUT2D eigenvalue weighted by Crippen LogP contribution is -2.06. The molecule has 0 saturated carbocycles. The topological polar surface area (TPSA) is 89.6 Å². The lowest BCUT2D eigenvalue weighted by Gasteiger charge is -2.06. The lowest BCUT2D eigenvalue weighted by molar-refractivity contribution is 0.388. The Morgan fingerprint density at radius 3 is 2.62 bits per heavy atom. The van der Waals surface area contributed by atoms with Crippen molar-refractivity contribution in [3.8, 4) is 5.75 Å². The molecule has 0 heterocycles. The van der Waals surface area contributed by atoms with Crippen LogP contribution >= 0.6 is 0 Å².